The molecular weight excluding hydrogens is 244 g/mol. The number of carboxylic acid groups (broad SMARTS) is 1. The van der Waals surface area contributed by atoms with E-state index in [-0.39, 0.29) is 18.2 Å². The summed E-state index contributed by atoms with van der Waals surface area (Å²) in [6.07, 6.45) is 2.66. The standard InChI is InChI=1S/C14H14N2O3/c17-13(18)8-12-15-14(16-19-12)11-6-5-9-3-1-2-4-10(9)7-11/h1-4,11H,5-8H2,(H,17,18). The molecular formula is C14H14N2O3. The van der Waals surface area contributed by atoms with Crippen molar-refractivity contribution in [3.63, 3.8) is 0 Å². The summed E-state index contributed by atoms with van der Waals surface area (Å²) < 4.78 is 4.97. The first kappa shape index (κ1) is 11.9. The highest BCUT2D eigenvalue weighted by Gasteiger charge is 2.24. The van der Waals surface area contributed by atoms with Gasteiger partial charge in [0.15, 0.2) is 5.82 Å². The van der Waals surface area contributed by atoms with Crippen LogP contribution in [0.25, 0.3) is 0 Å². The molecule has 1 atom stereocenters. The first-order valence-corrected chi connectivity index (χ1v) is 6.33. The second-order valence-corrected chi connectivity index (χ2v) is 4.83. The van der Waals surface area contributed by atoms with Crippen molar-refractivity contribution in [2.24, 2.45) is 0 Å². The second kappa shape index (κ2) is 4.84. The van der Waals surface area contributed by atoms with Crippen LogP contribution >= 0.6 is 0 Å². The third-order valence-electron chi connectivity index (χ3n) is 3.50. The molecule has 3 rings (SSSR count). The molecule has 5 heteroatoms. The van der Waals surface area contributed by atoms with Crippen molar-refractivity contribution in [3.8, 4) is 0 Å². The van der Waals surface area contributed by atoms with Crippen LogP contribution in [0, 0.1) is 0 Å². The van der Waals surface area contributed by atoms with Crippen molar-refractivity contribution in [1.82, 2.24) is 10.1 Å². The Balaban J connectivity index is 1.77. The topological polar surface area (TPSA) is 76.2 Å². The zero-order chi connectivity index (χ0) is 13.2. The summed E-state index contributed by atoms with van der Waals surface area (Å²) in [4.78, 5) is 14.8. The zero-order valence-electron chi connectivity index (χ0n) is 10.4. The van der Waals surface area contributed by atoms with E-state index in [0.717, 1.165) is 19.3 Å². The van der Waals surface area contributed by atoms with Gasteiger partial charge in [-0.05, 0) is 30.4 Å². The molecule has 19 heavy (non-hydrogen) atoms. The van der Waals surface area contributed by atoms with E-state index < -0.39 is 5.97 Å². The van der Waals surface area contributed by atoms with Gasteiger partial charge in [0.05, 0.1) is 0 Å². The number of hydrogen-bond donors (Lipinski definition) is 1. The fourth-order valence-electron chi connectivity index (χ4n) is 2.55. The number of aryl methyl sites for hydroxylation is 1. The molecule has 1 unspecified atom stereocenters. The number of aliphatic carboxylic acids is 1. The summed E-state index contributed by atoms with van der Waals surface area (Å²) in [6.45, 7) is 0. The predicted octanol–water partition coefficient (Wildman–Crippen LogP) is 1.97. The first-order valence-electron chi connectivity index (χ1n) is 6.33. The molecule has 1 N–H and O–H groups in total. The van der Waals surface area contributed by atoms with Gasteiger partial charge in [-0.2, -0.15) is 4.98 Å². The van der Waals surface area contributed by atoms with Gasteiger partial charge >= 0.3 is 5.97 Å². The van der Waals surface area contributed by atoms with E-state index in [4.69, 9.17) is 9.63 Å². The Morgan fingerprint density at radius 3 is 2.95 bits per heavy atom. The van der Waals surface area contributed by atoms with Crippen LogP contribution in [0.4, 0.5) is 0 Å². The quantitative estimate of drug-likeness (QED) is 0.910. The van der Waals surface area contributed by atoms with E-state index >= 15 is 0 Å². The Bertz CT molecular complexity index is 606. The largest absolute Gasteiger partial charge is 0.481 e. The minimum absolute atomic E-state index is 0.182. The molecule has 1 heterocycles. The van der Waals surface area contributed by atoms with Gasteiger partial charge in [0, 0.05) is 5.92 Å². The van der Waals surface area contributed by atoms with Gasteiger partial charge in [-0.3, -0.25) is 4.79 Å². The van der Waals surface area contributed by atoms with Gasteiger partial charge in [0.2, 0.25) is 5.89 Å². The molecule has 1 aromatic heterocycles. The van der Waals surface area contributed by atoms with Crippen LogP contribution in [0.5, 0.6) is 0 Å². The molecule has 0 bridgehead atoms. The van der Waals surface area contributed by atoms with Crippen LogP contribution in [0.15, 0.2) is 28.8 Å². The third kappa shape index (κ3) is 2.50. The third-order valence-corrected chi connectivity index (χ3v) is 3.50. The van der Waals surface area contributed by atoms with Crippen LogP contribution in [-0.4, -0.2) is 21.2 Å². The lowest BCUT2D eigenvalue weighted by Gasteiger charge is -2.21. The van der Waals surface area contributed by atoms with Crippen molar-refractivity contribution < 1.29 is 14.4 Å². The summed E-state index contributed by atoms with van der Waals surface area (Å²) in [5.41, 5.74) is 2.70. The van der Waals surface area contributed by atoms with E-state index in [0.29, 0.717) is 5.82 Å². The van der Waals surface area contributed by atoms with E-state index in [1.165, 1.54) is 11.1 Å². The highest BCUT2D eigenvalue weighted by atomic mass is 16.5. The molecule has 0 radical (unpaired) electrons. The summed E-state index contributed by atoms with van der Waals surface area (Å²) in [5.74, 6) is 0.0810. The van der Waals surface area contributed by atoms with Crippen LogP contribution in [0.2, 0.25) is 0 Å². The molecule has 1 aromatic carbocycles. The maximum Gasteiger partial charge on any atom is 0.312 e. The average Bonchev–Trinajstić information content (AvgIpc) is 2.86. The number of carbonyl (C=O) groups is 1. The zero-order valence-corrected chi connectivity index (χ0v) is 10.4. The Morgan fingerprint density at radius 1 is 1.37 bits per heavy atom. The smallest absolute Gasteiger partial charge is 0.312 e. The Kier molecular flexibility index (Phi) is 3.03. The number of benzene rings is 1. The fraction of sp³-hybridized carbons (Fsp3) is 0.357. The summed E-state index contributed by atoms with van der Waals surface area (Å²) in [7, 11) is 0. The first-order chi connectivity index (χ1) is 9.22. The molecule has 0 amide bonds. The minimum atomic E-state index is -0.954. The van der Waals surface area contributed by atoms with Crippen molar-refractivity contribution in [2.75, 3.05) is 0 Å². The van der Waals surface area contributed by atoms with Gasteiger partial charge < -0.3 is 9.63 Å². The molecule has 1 aliphatic carbocycles. The highest BCUT2D eigenvalue weighted by molar-refractivity contribution is 5.68. The van der Waals surface area contributed by atoms with Gasteiger partial charge in [0.25, 0.3) is 0 Å². The Labute approximate surface area is 110 Å². The highest BCUT2D eigenvalue weighted by Crippen LogP contribution is 2.31. The SMILES string of the molecule is O=C(O)Cc1nc(C2CCc3ccccc3C2)no1. The summed E-state index contributed by atoms with van der Waals surface area (Å²) >= 11 is 0. The molecule has 0 fully saturated rings. The molecule has 0 saturated carbocycles. The van der Waals surface area contributed by atoms with Crippen LogP contribution in [0.3, 0.4) is 0 Å². The van der Waals surface area contributed by atoms with Crippen molar-refractivity contribution in [3.05, 3.63) is 47.1 Å². The molecule has 0 aliphatic heterocycles. The van der Waals surface area contributed by atoms with Gasteiger partial charge in [0.1, 0.15) is 6.42 Å². The lowest BCUT2D eigenvalue weighted by Crippen LogP contribution is -2.14. The molecule has 2 aromatic rings. The Morgan fingerprint density at radius 2 is 2.16 bits per heavy atom. The predicted molar refractivity (Wildman–Crippen MR) is 66.8 cm³/mol. The second-order valence-electron chi connectivity index (χ2n) is 4.83. The number of nitrogens with zero attached hydrogens (tertiary/aromatic N) is 2. The van der Waals surface area contributed by atoms with Crippen molar-refractivity contribution >= 4 is 5.97 Å². The van der Waals surface area contributed by atoms with Crippen LogP contribution < -0.4 is 0 Å². The van der Waals surface area contributed by atoms with Gasteiger partial charge in [-0.1, -0.05) is 29.4 Å². The van der Waals surface area contributed by atoms with Crippen molar-refractivity contribution in [2.45, 2.75) is 31.6 Å². The number of hydrogen-bond acceptors (Lipinski definition) is 4. The molecule has 1 aliphatic rings. The van der Waals surface area contributed by atoms with Crippen LogP contribution in [0.1, 0.15) is 35.2 Å². The van der Waals surface area contributed by atoms with Crippen LogP contribution in [-0.2, 0) is 24.1 Å². The average molecular weight is 258 g/mol. The van der Waals surface area contributed by atoms with E-state index in [1.807, 2.05) is 6.07 Å². The lowest BCUT2D eigenvalue weighted by atomic mass is 9.83. The molecule has 0 spiro atoms. The minimum Gasteiger partial charge on any atom is -0.481 e. The van der Waals surface area contributed by atoms with E-state index in [9.17, 15) is 4.79 Å². The molecule has 5 nitrogen and oxygen atoms in total. The molecule has 98 valence electrons. The van der Waals surface area contributed by atoms with Crippen molar-refractivity contribution in [1.29, 1.82) is 0 Å². The maximum absolute atomic E-state index is 10.6. The summed E-state index contributed by atoms with van der Waals surface area (Å²) in [5, 5.41) is 12.6. The normalized spacial score (nSPS) is 18.0. The van der Waals surface area contributed by atoms with E-state index in [1.54, 1.807) is 0 Å². The number of carboxylic acids is 1. The fourth-order valence-corrected chi connectivity index (χ4v) is 2.55. The summed E-state index contributed by atoms with van der Waals surface area (Å²) in [6, 6.07) is 8.36. The monoisotopic (exact) mass is 258 g/mol. The van der Waals surface area contributed by atoms with Gasteiger partial charge in [-0.15, -0.1) is 0 Å². The maximum atomic E-state index is 10.6. The van der Waals surface area contributed by atoms with E-state index in [2.05, 4.69) is 28.3 Å². The Hall–Kier alpha value is -2.17. The molecule has 0 saturated heterocycles. The number of rotatable bonds is 3. The number of fused-ring (bicyclic) bond motifs is 1. The van der Waals surface area contributed by atoms with Gasteiger partial charge in [-0.25, -0.2) is 0 Å². The lowest BCUT2D eigenvalue weighted by molar-refractivity contribution is -0.136. The number of aromatic nitrogens is 2.